The SMILES string of the molecule is CC(C)[C@H](NC(=O)c1cc(-c2ccc(NC(=O)Nc3ccccc3F)cc2)no1)C(=O)O. The molecule has 166 valence electrons. The van der Waals surface area contributed by atoms with Crippen LogP contribution in [0.2, 0.25) is 0 Å². The summed E-state index contributed by atoms with van der Waals surface area (Å²) in [6, 6.07) is 12.0. The van der Waals surface area contributed by atoms with E-state index >= 15 is 0 Å². The molecule has 3 amide bonds. The Kier molecular flexibility index (Phi) is 6.83. The molecule has 32 heavy (non-hydrogen) atoms. The average Bonchev–Trinajstić information content (AvgIpc) is 3.24. The number of nitrogens with zero attached hydrogens (tertiary/aromatic N) is 1. The zero-order valence-electron chi connectivity index (χ0n) is 17.3. The van der Waals surface area contributed by atoms with Gasteiger partial charge in [-0.2, -0.15) is 0 Å². The summed E-state index contributed by atoms with van der Waals surface area (Å²) in [5.74, 6) is -2.82. The van der Waals surface area contributed by atoms with Crippen LogP contribution in [-0.2, 0) is 4.79 Å². The van der Waals surface area contributed by atoms with Crippen molar-refractivity contribution in [2.45, 2.75) is 19.9 Å². The van der Waals surface area contributed by atoms with Gasteiger partial charge in [-0.15, -0.1) is 0 Å². The molecule has 0 fully saturated rings. The molecule has 2 aromatic carbocycles. The lowest BCUT2D eigenvalue weighted by atomic mass is 10.0. The number of carbonyl (C=O) groups excluding carboxylic acids is 2. The standard InChI is InChI=1S/C22H21FN4O5/c1-12(2)19(21(29)30)26-20(28)18-11-17(27-32-18)13-7-9-14(10-8-13)24-22(31)25-16-6-4-3-5-15(16)23/h3-12,19H,1-2H3,(H,26,28)(H,29,30)(H2,24,25,31)/t19-/m0/s1. The summed E-state index contributed by atoms with van der Waals surface area (Å²) in [5.41, 5.74) is 1.46. The molecule has 0 aliphatic carbocycles. The van der Waals surface area contributed by atoms with Crippen LogP contribution in [0.5, 0.6) is 0 Å². The van der Waals surface area contributed by atoms with E-state index in [9.17, 15) is 23.9 Å². The van der Waals surface area contributed by atoms with E-state index < -0.39 is 29.8 Å². The number of aromatic nitrogens is 1. The number of halogens is 1. The fraction of sp³-hybridized carbons (Fsp3) is 0.182. The summed E-state index contributed by atoms with van der Waals surface area (Å²) in [6.45, 7) is 3.36. The van der Waals surface area contributed by atoms with E-state index in [2.05, 4.69) is 21.1 Å². The molecule has 0 radical (unpaired) electrons. The number of amides is 3. The molecule has 0 unspecified atom stereocenters. The number of nitrogens with one attached hydrogen (secondary N) is 3. The van der Waals surface area contributed by atoms with Gasteiger partial charge in [0.1, 0.15) is 17.6 Å². The number of hydrogen-bond acceptors (Lipinski definition) is 5. The third-order valence-electron chi connectivity index (χ3n) is 4.51. The minimum Gasteiger partial charge on any atom is -0.480 e. The summed E-state index contributed by atoms with van der Waals surface area (Å²) < 4.78 is 18.7. The second-order valence-corrected chi connectivity index (χ2v) is 7.25. The van der Waals surface area contributed by atoms with E-state index in [-0.39, 0.29) is 17.4 Å². The number of carbonyl (C=O) groups is 3. The number of urea groups is 1. The molecular weight excluding hydrogens is 419 g/mol. The quantitative estimate of drug-likeness (QED) is 0.439. The maximum Gasteiger partial charge on any atom is 0.326 e. The van der Waals surface area contributed by atoms with E-state index in [0.29, 0.717) is 16.9 Å². The van der Waals surface area contributed by atoms with Crippen LogP contribution in [-0.4, -0.2) is 34.2 Å². The molecule has 1 aromatic heterocycles. The fourth-order valence-corrected chi connectivity index (χ4v) is 2.82. The molecule has 1 heterocycles. The first-order valence-corrected chi connectivity index (χ1v) is 9.68. The Labute approximate surface area is 182 Å². The predicted octanol–water partition coefficient (Wildman–Crippen LogP) is 3.96. The van der Waals surface area contributed by atoms with Crippen molar-refractivity contribution in [2.24, 2.45) is 5.92 Å². The molecule has 10 heteroatoms. The molecule has 0 spiro atoms. The van der Waals surface area contributed by atoms with Crippen molar-refractivity contribution in [1.29, 1.82) is 0 Å². The number of para-hydroxylation sites is 1. The normalized spacial score (nSPS) is 11.6. The van der Waals surface area contributed by atoms with Gasteiger partial charge in [-0.25, -0.2) is 14.0 Å². The molecule has 0 aliphatic rings. The Morgan fingerprint density at radius 1 is 1.03 bits per heavy atom. The minimum absolute atomic E-state index is 0.0534. The van der Waals surface area contributed by atoms with Gasteiger partial charge in [0.2, 0.25) is 5.76 Å². The topological polar surface area (TPSA) is 134 Å². The van der Waals surface area contributed by atoms with Crippen molar-refractivity contribution in [1.82, 2.24) is 10.5 Å². The molecule has 3 aromatic rings. The van der Waals surface area contributed by atoms with Crippen molar-refractivity contribution >= 4 is 29.3 Å². The summed E-state index contributed by atoms with van der Waals surface area (Å²) in [5, 5.41) is 20.4. The first kappa shape index (κ1) is 22.5. The van der Waals surface area contributed by atoms with Crippen LogP contribution in [0, 0.1) is 11.7 Å². The number of hydrogen-bond donors (Lipinski definition) is 4. The van der Waals surface area contributed by atoms with Crippen molar-refractivity contribution in [3.8, 4) is 11.3 Å². The largest absolute Gasteiger partial charge is 0.480 e. The van der Waals surface area contributed by atoms with Gasteiger partial charge in [-0.3, -0.25) is 4.79 Å². The molecule has 0 aliphatic heterocycles. The van der Waals surface area contributed by atoms with E-state index in [1.165, 1.54) is 24.3 Å². The van der Waals surface area contributed by atoms with Crippen molar-refractivity contribution in [3.05, 3.63) is 66.2 Å². The monoisotopic (exact) mass is 440 g/mol. The first-order chi connectivity index (χ1) is 15.2. The maximum atomic E-state index is 13.6. The predicted molar refractivity (Wildman–Crippen MR) is 115 cm³/mol. The van der Waals surface area contributed by atoms with Crippen molar-refractivity contribution in [3.63, 3.8) is 0 Å². The smallest absolute Gasteiger partial charge is 0.326 e. The maximum absolute atomic E-state index is 13.6. The van der Waals surface area contributed by atoms with Gasteiger partial charge in [0.25, 0.3) is 5.91 Å². The van der Waals surface area contributed by atoms with Crippen LogP contribution in [0.3, 0.4) is 0 Å². The van der Waals surface area contributed by atoms with Gasteiger partial charge >= 0.3 is 12.0 Å². The van der Waals surface area contributed by atoms with E-state index in [1.807, 2.05) is 0 Å². The van der Waals surface area contributed by atoms with Gasteiger partial charge in [-0.1, -0.05) is 43.3 Å². The highest BCUT2D eigenvalue weighted by Crippen LogP contribution is 2.22. The number of anilines is 2. The van der Waals surface area contributed by atoms with E-state index in [0.717, 1.165) is 0 Å². The fourth-order valence-electron chi connectivity index (χ4n) is 2.82. The number of carboxylic acids is 1. The Balaban J connectivity index is 1.63. The second kappa shape index (κ2) is 9.73. The Morgan fingerprint density at radius 2 is 1.72 bits per heavy atom. The van der Waals surface area contributed by atoms with Crippen LogP contribution < -0.4 is 16.0 Å². The first-order valence-electron chi connectivity index (χ1n) is 9.68. The molecule has 4 N–H and O–H groups in total. The van der Waals surface area contributed by atoms with Crippen LogP contribution in [0.4, 0.5) is 20.6 Å². The lowest BCUT2D eigenvalue weighted by Crippen LogP contribution is -2.44. The highest BCUT2D eigenvalue weighted by molar-refractivity contribution is 6.00. The van der Waals surface area contributed by atoms with Gasteiger partial charge in [0.15, 0.2) is 0 Å². The van der Waals surface area contributed by atoms with Crippen LogP contribution in [0.1, 0.15) is 24.4 Å². The summed E-state index contributed by atoms with van der Waals surface area (Å²) >= 11 is 0. The zero-order valence-corrected chi connectivity index (χ0v) is 17.3. The number of rotatable bonds is 7. The molecule has 0 saturated heterocycles. The Bertz CT molecular complexity index is 1130. The van der Waals surface area contributed by atoms with Crippen LogP contribution in [0.25, 0.3) is 11.3 Å². The molecule has 3 rings (SSSR count). The molecule has 1 atom stereocenters. The number of benzene rings is 2. The van der Waals surface area contributed by atoms with Gasteiger partial charge in [0.05, 0.1) is 5.69 Å². The van der Waals surface area contributed by atoms with Crippen molar-refractivity contribution < 1.29 is 28.4 Å². The number of carboxylic acid groups (broad SMARTS) is 1. The third kappa shape index (κ3) is 5.48. The third-order valence-corrected chi connectivity index (χ3v) is 4.51. The van der Waals surface area contributed by atoms with Crippen LogP contribution >= 0.6 is 0 Å². The molecular formula is C22H21FN4O5. The zero-order chi connectivity index (χ0) is 23.3. The highest BCUT2D eigenvalue weighted by atomic mass is 19.1. The molecule has 9 nitrogen and oxygen atoms in total. The summed E-state index contributed by atoms with van der Waals surface area (Å²) in [7, 11) is 0. The summed E-state index contributed by atoms with van der Waals surface area (Å²) in [6.07, 6.45) is 0. The van der Waals surface area contributed by atoms with Crippen molar-refractivity contribution in [2.75, 3.05) is 10.6 Å². The summed E-state index contributed by atoms with van der Waals surface area (Å²) in [4.78, 5) is 35.6. The Morgan fingerprint density at radius 3 is 2.34 bits per heavy atom. The molecule has 0 saturated carbocycles. The lowest BCUT2D eigenvalue weighted by Gasteiger charge is -2.16. The molecule has 0 bridgehead atoms. The number of aliphatic carboxylic acids is 1. The second-order valence-electron chi connectivity index (χ2n) is 7.25. The van der Waals surface area contributed by atoms with E-state index in [1.54, 1.807) is 44.2 Å². The average molecular weight is 440 g/mol. The van der Waals surface area contributed by atoms with E-state index in [4.69, 9.17) is 4.52 Å². The minimum atomic E-state index is -1.14. The Hall–Kier alpha value is -4.21. The van der Waals surface area contributed by atoms with Crippen LogP contribution in [0.15, 0.2) is 59.1 Å². The van der Waals surface area contributed by atoms with Gasteiger partial charge in [0, 0.05) is 17.3 Å². The van der Waals surface area contributed by atoms with Gasteiger partial charge in [-0.05, 0) is 30.2 Å². The lowest BCUT2D eigenvalue weighted by molar-refractivity contribution is -0.140. The van der Waals surface area contributed by atoms with Gasteiger partial charge < -0.3 is 25.6 Å². The highest BCUT2D eigenvalue weighted by Gasteiger charge is 2.25.